The van der Waals surface area contributed by atoms with Gasteiger partial charge in [-0.25, -0.2) is 0 Å². The van der Waals surface area contributed by atoms with Crippen molar-refractivity contribution in [3.63, 3.8) is 0 Å². The van der Waals surface area contributed by atoms with E-state index in [0.29, 0.717) is 11.1 Å². The first-order chi connectivity index (χ1) is 6.97. The average Bonchev–Trinajstić information content (AvgIpc) is 2.21. The third-order valence-electron chi connectivity index (χ3n) is 1.64. The molecule has 0 aliphatic carbocycles. The minimum atomic E-state index is -0.0377. The van der Waals surface area contributed by atoms with Crippen LogP contribution >= 0.6 is 0 Å². The first-order valence-corrected chi connectivity index (χ1v) is 4.45. The van der Waals surface area contributed by atoms with Gasteiger partial charge in [0.15, 0.2) is 0 Å². The van der Waals surface area contributed by atoms with Crippen LogP contribution in [0.5, 0.6) is 0 Å². The summed E-state index contributed by atoms with van der Waals surface area (Å²) in [5.41, 5.74) is 1.30. The molecular formula is C13H16O2. The topological polar surface area (TPSA) is 40.5 Å². The Bertz CT molecular complexity index is 355. The third-order valence-corrected chi connectivity index (χ3v) is 1.64. The van der Waals surface area contributed by atoms with Crippen molar-refractivity contribution in [2.75, 3.05) is 0 Å². The largest absolute Gasteiger partial charge is 0.509 e. The summed E-state index contributed by atoms with van der Waals surface area (Å²) in [6, 6.07) is 0. The number of aliphatic hydroxyl groups excluding tert-OH is 2. The van der Waals surface area contributed by atoms with Gasteiger partial charge in [-0.1, -0.05) is 31.9 Å². The zero-order chi connectivity index (χ0) is 11.8. The Balaban J connectivity index is 4.42. The first-order valence-electron chi connectivity index (χ1n) is 4.45. The molecule has 0 aliphatic rings. The molecule has 2 nitrogen and oxygen atoms in total. The Labute approximate surface area is 90.6 Å². The summed E-state index contributed by atoms with van der Waals surface area (Å²) in [6.45, 7) is 12.5. The molecule has 0 atom stereocenters. The van der Waals surface area contributed by atoms with Crippen LogP contribution in [0.15, 0.2) is 72.8 Å². The van der Waals surface area contributed by atoms with E-state index < -0.39 is 0 Å². The molecule has 0 heterocycles. The third kappa shape index (κ3) is 6.16. The lowest BCUT2D eigenvalue weighted by atomic mass is 10.1. The van der Waals surface area contributed by atoms with Crippen molar-refractivity contribution < 1.29 is 10.2 Å². The Morgan fingerprint density at radius 3 is 1.73 bits per heavy atom. The highest BCUT2D eigenvalue weighted by molar-refractivity contribution is 5.44. The van der Waals surface area contributed by atoms with Gasteiger partial charge in [0.25, 0.3) is 0 Å². The van der Waals surface area contributed by atoms with Crippen LogP contribution < -0.4 is 0 Å². The molecule has 0 aliphatic heterocycles. The van der Waals surface area contributed by atoms with Gasteiger partial charge in [-0.05, 0) is 36.3 Å². The summed E-state index contributed by atoms with van der Waals surface area (Å²) in [4.78, 5) is 0. The molecule has 0 radical (unpaired) electrons. The molecule has 0 fully saturated rings. The summed E-state index contributed by atoms with van der Waals surface area (Å²) >= 11 is 0. The van der Waals surface area contributed by atoms with E-state index >= 15 is 0 Å². The molecule has 0 aromatic heterocycles. The van der Waals surface area contributed by atoms with Crippen molar-refractivity contribution >= 4 is 0 Å². The van der Waals surface area contributed by atoms with E-state index in [9.17, 15) is 0 Å². The van der Waals surface area contributed by atoms with E-state index in [2.05, 4.69) is 19.7 Å². The Kier molecular flexibility index (Phi) is 5.64. The maximum Gasteiger partial charge on any atom is 0.111 e. The Morgan fingerprint density at radius 1 is 0.867 bits per heavy atom. The number of hydrogen-bond acceptors (Lipinski definition) is 2. The van der Waals surface area contributed by atoms with Crippen LogP contribution in [0, 0.1) is 0 Å². The van der Waals surface area contributed by atoms with Gasteiger partial charge in [-0.2, -0.15) is 0 Å². The number of rotatable bonds is 5. The fourth-order valence-electron chi connectivity index (χ4n) is 0.693. The van der Waals surface area contributed by atoms with E-state index in [1.807, 2.05) is 0 Å². The zero-order valence-corrected chi connectivity index (χ0v) is 8.90. The van der Waals surface area contributed by atoms with Crippen molar-refractivity contribution in [1.82, 2.24) is 0 Å². The lowest BCUT2D eigenvalue weighted by molar-refractivity contribution is 0.431. The highest BCUT2D eigenvalue weighted by Gasteiger charge is 1.92. The average molecular weight is 204 g/mol. The zero-order valence-electron chi connectivity index (χ0n) is 8.90. The Hall–Kier alpha value is -1.96. The summed E-state index contributed by atoms with van der Waals surface area (Å²) in [7, 11) is 0. The van der Waals surface area contributed by atoms with Crippen molar-refractivity contribution in [2.45, 2.75) is 6.92 Å². The predicted molar refractivity (Wildman–Crippen MR) is 64.7 cm³/mol. The molecule has 0 amide bonds. The van der Waals surface area contributed by atoms with Gasteiger partial charge in [0, 0.05) is 0 Å². The van der Waals surface area contributed by atoms with Gasteiger partial charge in [-0.15, -0.1) is 0 Å². The second kappa shape index (κ2) is 6.49. The summed E-state index contributed by atoms with van der Waals surface area (Å²) in [5.74, 6) is 0.128. The minimum Gasteiger partial charge on any atom is -0.509 e. The molecule has 0 rings (SSSR count). The standard InChI is InChI=1S/C13H16O2/c1-5-13(15)9-7-11(3)10(2)6-8-12(4)14/h5-9,14-15H,2-4H2,1H3/b8-6-,9-7-,13-5+. The van der Waals surface area contributed by atoms with E-state index in [1.165, 1.54) is 12.2 Å². The molecule has 2 N–H and O–H groups in total. The Morgan fingerprint density at radius 2 is 1.33 bits per heavy atom. The fourth-order valence-corrected chi connectivity index (χ4v) is 0.693. The molecule has 0 unspecified atom stereocenters. The van der Waals surface area contributed by atoms with E-state index in [-0.39, 0.29) is 11.5 Å². The SMILES string of the molecule is C=C(O)/C=C\C(=C)C(=C)/C=C\C(O)=C/C. The fraction of sp³-hybridized carbons (Fsp3) is 0.0769. The van der Waals surface area contributed by atoms with Crippen molar-refractivity contribution in [3.05, 3.63) is 72.8 Å². The van der Waals surface area contributed by atoms with Crippen LogP contribution in [-0.2, 0) is 0 Å². The van der Waals surface area contributed by atoms with Gasteiger partial charge >= 0.3 is 0 Å². The first kappa shape index (κ1) is 13.0. The van der Waals surface area contributed by atoms with Crippen LogP contribution in [0.25, 0.3) is 0 Å². The van der Waals surface area contributed by atoms with Crippen LogP contribution in [0.3, 0.4) is 0 Å². The van der Waals surface area contributed by atoms with Crippen LogP contribution in [0.4, 0.5) is 0 Å². The van der Waals surface area contributed by atoms with E-state index in [4.69, 9.17) is 10.2 Å². The maximum absolute atomic E-state index is 9.14. The highest BCUT2D eigenvalue weighted by Crippen LogP contribution is 2.10. The lowest BCUT2D eigenvalue weighted by Gasteiger charge is -1.98. The van der Waals surface area contributed by atoms with Gasteiger partial charge in [0.2, 0.25) is 0 Å². The van der Waals surface area contributed by atoms with Crippen molar-refractivity contribution in [3.8, 4) is 0 Å². The number of aliphatic hydroxyl groups is 2. The van der Waals surface area contributed by atoms with Gasteiger partial charge < -0.3 is 10.2 Å². The lowest BCUT2D eigenvalue weighted by Crippen LogP contribution is -1.80. The second-order valence-corrected chi connectivity index (χ2v) is 2.92. The maximum atomic E-state index is 9.14. The summed E-state index contributed by atoms with van der Waals surface area (Å²) < 4.78 is 0. The van der Waals surface area contributed by atoms with Gasteiger partial charge in [0.1, 0.15) is 11.5 Å². The van der Waals surface area contributed by atoms with Gasteiger partial charge in [0.05, 0.1) is 0 Å². The molecule has 0 aromatic rings. The molecule has 0 saturated heterocycles. The second-order valence-electron chi connectivity index (χ2n) is 2.92. The molecule has 2 heteroatoms. The molecule has 0 saturated carbocycles. The van der Waals surface area contributed by atoms with Crippen molar-refractivity contribution in [2.24, 2.45) is 0 Å². The van der Waals surface area contributed by atoms with Gasteiger partial charge in [-0.3, -0.25) is 0 Å². The van der Waals surface area contributed by atoms with E-state index in [1.54, 1.807) is 25.2 Å². The van der Waals surface area contributed by atoms with Crippen molar-refractivity contribution in [1.29, 1.82) is 0 Å². The quantitative estimate of drug-likeness (QED) is 0.529. The predicted octanol–water partition coefficient (Wildman–Crippen LogP) is 3.74. The highest BCUT2D eigenvalue weighted by atomic mass is 16.3. The normalized spacial score (nSPS) is 12.2. The summed E-state index contributed by atoms with van der Waals surface area (Å²) in [6.07, 6.45) is 7.76. The van der Waals surface area contributed by atoms with E-state index in [0.717, 1.165) is 0 Å². The molecule has 0 bridgehead atoms. The summed E-state index contributed by atoms with van der Waals surface area (Å²) in [5, 5.41) is 18.0. The van der Waals surface area contributed by atoms with Crippen LogP contribution in [-0.4, -0.2) is 10.2 Å². The van der Waals surface area contributed by atoms with Crippen LogP contribution in [0.1, 0.15) is 6.92 Å². The van der Waals surface area contributed by atoms with Crippen LogP contribution in [0.2, 0.25) is 0 Å². The number of hydrogen-bond donors (Lipinski definition) is 2. The monoisotopic (exact) mass is 204 g/mol. The number of allylic oxidation sites excluding steroid dienone is 7. The smallest absolute Gasteiger partial charge is 0.111 e. The molecular weight excluding hydrogens is 188 g/mol. The minimum absolute atomic E-state index is 0.0377. The molecule has 15 heavy (non-hydrogen) atoms. The molecule has 0 aromatic carbocycles. The molecule has 0 spiro atoms. The molecule has 80 valence electrons.